The summed E-state index contributed by atoms with van der Waals surface area (Å²) in [6, 6.07) is 12.9. The molecule has 4 nitrogen and oxygen atoms in total. The molecule has 0 saturated carbocycles. The van der Waals surface area contributed by atoms with Gasteiger partial charge in [0.15, 0.2) is 0 Å². The predicted octanol–water partition coefficient (Wildman–Crippen LogP) is 4.58. The van der Waals surface area contributed by atoms with Crippen molar-refractivity contribution in [3.05, 3.63) is 59.2 Å². The van der Waals surface area contributed by atoms with E-state index in [4.69, 9.17) is 15.5 Å². The van der Waals surface area contributed by atoms with E-state index in [1.54, 1.807) is 0 Å². The first-order valence-electron chi connectivity index (χ1n) is 10.2. The number of anilines is 1. The summed E-state index contributed by atoms with van der Waals surface area (Å²) in [5, 5.41) is 0. The zero-order chi connectivity index (χ0) is 19.4. The van der Waals surface area contributed by atoms with Gasteiger partial charge in [0, 0.05) is 12.2 Å². The van der Waals surface area contributed by atoms with Crippen LogP contribution in [0.3, 0.4) is 0 Å². The lowest BCUT2D eigenvalue weighted by Gasteiger charge is -2.46. The standard InChI is InChI=1S/C24H27N3O/c1-23(2)19-10-5-6-11-20(19)27(15-7-14-25)24(23)16-26-22-18-9-4-3-8-17(18)12-13-21(22)28-24/h3,5-6,8,10-13,16H,4,7,9,14-15,25H2,1-2H3. The van der Waals surface area contributed by atoms with Crippen LogP contribution in [0.4, 0.5) is 11.4 Å². The van der Waals surface area contributed by atoms with Crippen molar-refractivity contribution in [2.24, 2.45) is 10.7 Å². The Hall–Kier alpha value is -2.59. The number of hydrogen-bond donors (Lipinski definition) is 1. The minimum Gasteiger partial charge on any atom is -0.459 e. The van der Waals surface area contributed by atoms with Crippen LogP contribution in [0.2, 0.25) is 0 Å². The van der Waals surface area contributed by atoms with E-state index in [0.29, 0.717) is 6.54 Å². The third kappa shape index (κ3) is 2.24. The van der Waals surface area contributed by atoms with Crippen LogP contribution >= 0.6 is 0 Å². The molecular formula is C24H27N3O. The van der Waals surface area contributed by atoms with Gasteiger partial charge in [-0.3, -0.25) is 4.99 Å². The highest BCUT2D eigenvalue weighted by Gasteiger charge is 2.59. The zero-order valence-electron chi connectivity index (χ0n) is 16.6. The first kappa shape index (κ1) is 17.5. The maximum atomic E-state index is 6.87. The summed E-state index contributed by atoms with van der Waals surface area (Å²) >= 11 is 0. The lowest BCUT2D eigenvalue weighted by Crippen LogP contribution is -2.62. The van der Waals surface area contributed by atoms with Gasteiger partial charge in [0.05, 0.1) is 11.6 Å². The fraction of sp³-hybridized carbons (Fsp3) is 0.375. The number of nitrogens with two attached hydrogens (primary N) is 1. The van der Waals surface area contributed by atoms with Gasteiger partial charge < -0.3 is 15.4 Å². The zero-order valence-corrected chi connectivity index (χ0v) is 16.6. The second-order valence-corrected chi connectivity index (χ2v) is 8.41. The molecule has 0 fully saturated rings. The number of nitrogens with zero attached hydrogens (tertiary/aromatic N) is 2. The summed E-state index contributed by atoms with van der Waals surface area (Å²) in [4.78, 5) is 7.38. The molecule has 28 heavy (non-hydrogen) atoms. The molecule has 0 radical (unpaired) electrons. The molecule has 2 aromatic rings. The Balaban J connectivity index is 1.65. The van der Waals surface area contributed by atoms with E-state index >= 15 is 0 Å². The largest absolute Gasteiger partial charge is 0.459 e. The summed E-state index contributed by atoms with van der Waals surface area (Å²) in [5.74, 6) is 0.884. The molecule has 5 rings (SSSR count). The Bertz CT molecular complexity index is 991. The quantitative estimate of drug-likeness (QED) is 0.856. The van der Waals surface area contributed by atoms with Crippen molar-refractivity contribution in [1.82, 2.24) is 0 Å². The first-order valence-corrected chi connectivity index (χ1v) is 10.2. The number of hydrogen-bond acceptors (Lipinski definition) is 4. The van der Waals surface area contributed by atoms with Crippen LogP contribution in [0, 0.1) is 0 Å². The van der Waals surface area contributed by atoms with Gasteiger partial charge in [-0.05, 0) is 68.5 Å². The van der Waals surface area contributed by atoms with Gasteiger partial charge in [0.1, 0.15) is 11.4 Å². The highest BCUT2D eigenvalue weighted by molar-refractivity contribution is 5.89. The summed E-state index contributed by atoms with van der Waals surface area (Å²) in [7, 11) is 0. The van der Waals surface area contributed by atoms with E-state index in [9.17, 15) is 0 Å². The van der Waals surface area contributed by atoms with Crippen molar-refractivity contribution in [3.63, 3.8) is 0 Å². The average Bonchev–Trinajstić information content (AvgIpc) is 2.90. The maximum Gasteiger partial charge on any atom is 0.228 e. The van der Waals surface area contributed by atoms with Crippen molar-refractivity contribution in [2.45, 2.75) is 44.2 Å². The van der Waals surface area contributed by atoms with Crippen LogP contribution in [-0.2, 0) is 11.8 Å². The lowest BCUT2D eigenvalue weighted by atomic mass is 9.77. The van der Waals surface area contributed by atoms with Crippen LogP contribution in [-0.4, -0.2) is 25.0 Å². The first-order chi connectivity index (χ1) is 13.6. The molecule has 3 aliphatic rings. The van der Waals surface area contributed by atoms with Crippen LogP contribution in [0.25, 0.3) is 6.08 Å². The Morgan fingerprint density at radius 2 is 2.04 bits per heavy atom. The predicted molar refractivity (Wildman–Crippen MR) is 116 cm³/mol. The van der Waals surface area contributed by atoms with Gasteiger partial charge in [0.25, 0.3) is 0 Å². The number of allylic oxidation sites excluding steroid dienone is 1. The van der Waals surface area contributed by atoms with Crippen molar-refractivity contribution in [1.29, 1.82) is 0 Å². The van der Waals surface area contributed by atoms with Crippen molar-refractivity contribution >= 4 is 23.7 Å². The van der Waals surface area contributed by atoms with Crippen LogP contribution < -0.4 is 15.4 Å². The molecule has 0 bridgehead atoms. The summed E-state index contributed by atoms with van der Waals surface area (Å²) in [6.07, 6.45) is 9.46. The molecule has 1 spiro atoms. The number of fused-ring (bicyclic) bond motifs is 4. The van der Waals surface area contributed by atoms with E-state index in [-0.39, 0.29) is 5.41 Å². The van der Waals surface area contributed by atoms with E-state index < -0.39 is 5.72 Å². The molecule has 2 N–H and O–H groups in total. The molecule has 2 aromatic carbocycles. The number of benzene rings is 2. The number of rotatable bonds is 3. The SMILES string of the molecule is CC1(C)c2ccccc2N(CCCN)C12C=Nc1c(ccc3c1CCC=C3)O2. The minimum absolute atomic E-state index is 0.241. The monoisotopic (exact) mass is 373 g/mol. The van der Waals surface area contributed by atoms with E-state index in [2.05, 4.69) is 67.3 Å². The molecule has 0 saturated heterocycles. The summed E-state index contributed by atoms with van der Waals surface area (Å²) in [5.41, 5.74) is 11.0. The number of aliphatic imine (C=N–C) groups is 1. The maximum absolute atomic E-state index is 6.87. The fourth-order valence-electron chi connectivity index (χ4n) is 4.95. The van der Waals surface area contributed by atoms with Crippen LogP contribution in [0.15, 0.2) is 47.5 Å². The van der Waals surface area contributed by atoms with Gasteiger partial charge in [-0.15, -0.1) is 0 Å². The molecule has 0 amide bonds. The van der Waals surface area contributed by atoms with Gasteiger partial charge in [-0.25, -0.2) is 0 Å². The van der Waals surface area contributed by atoms with E-state index in [0.717, 1.165) is 37.2 Å². The Morgan fingerprint density at radius 1 is 1.18 bits per heavy atom. The molecule has 1 atom stereocenters. The lowest BCUT2D eigenvalue weighted by molar-refractivity contribution is 0.0774. The molecule has 1 unspecified atom stereocenters. The molecule has 1 aliphatic carbocycles. The Labute approximate surface area is 166 Å². The van der Waals surface area contributed by atoms with Crippen molar-refractivity contribution < 1.29 is 4.74 Å². The van der Waals surface area contributed by atoms with Gasteiger partial charge in [-0.2, -0.15) is 0 Å². The molecular weight excluding hydrogens is 346 g/mol. The van der Waals surface area contributed by atoms with Crippen LogP contribution in [0.5, 0.6) is 5.75 Å². The molecule has 2 aliphatic heterocycles. The normalized spacial score (nSPS) is 23.3. The van der Waals surface area contributed by atoms with E-state index in [1.165, 1.54) is 22.4 Å². The topological polar surface area (TPSA) is 50.8 Å². The van der Waals surface area contributed by atoms with Gasteiger partial charge in [0.2, 0.25) is 5.72 Å². The smallest absolute Gasteiger partial charge is 0.228 e. The molecule has 4 heteroatoms. The number of para-hydroxylation sites is 1. The van der Waals surface area contributed by atoms with Crippen molar-refractivity contribution in [2.75, 3.05) is 18.0 Å². The van der Waals surface area contributed by atoms with Gasteiger partial charge >= 0.3 is 0 Å². The van der Waals surface area contributed by atoms with Crippen molar-refractivity contribution in [3.8, 4) is 5.75 Å². The fourth-order valence-corrected chi connectivity index (χ4v) is 4.95. The van der Waals surface area contributed by atoms with E-state index in [1.807, 2.05) is 6.21 Å². The second-order valence-electron chi connectivity index (χ2n) is 8.41. The highest BCUT2D eigenvalue weighted by atomic mass is 16.5. The second kappa shape index (κ2) is 6.21. The number of ether oxygens (including phenoxy) is 1. The third-order valence-electron chi connectivity index (χ3n) is 6.53. The van der Waals surface area contributed by atoms with Crippen LogP contribution in [0.1, 0.15) is 43.4 Å². The molecule has 144 valence electrons. The molecule has 0 aromatic heterocycles. The third-order valence-corrected chi connectivity index (χ3v) is 6.53. The Morgan fingerprint density at radius 3 is 2.89 bits per heavy atom. The summed E-state index contributed by atoms with van der Waals surface area (Å²) < 4.78 is 6.87. The van der Waals surface area contributed by atoms with Gasteiger partial charge in [-0.1, -0.05) is 36.4 Å². The Kier molecular flexibility index (Phi) is 3.88. The summed E-state index contributed by atoms with van der Waals surface area (Å²) in [6.45, 7) is 6.01. The average molecular weight is 374 g/mol. The highest BCUT2D eigenvalue weighted by Crippen LogP contribution is 2.54. The molecule has 2 heterocycles. The minimum atomic E-state index is -0.641.